The van der Waals surface area contributed by atoms with E-state index in [-0.39, 0.29) is 12.1 Å². The number of nitrogens with one attached hydrogen (secondary N) is 2. The lowest BCUT2D eigenvalue weighted by atomic mass is 9.99. The monoisotopic (exact) mass is 300 g/mol. The van der Waals surface area contributed by atoms with Crippen LogP contribution in [0.25, 0.3) is 0 Å². The molecule has 0 aromatic carbocycles. The summed E-state index contributed by atoms with van der Waals surface area (Å²) >= 11 is 0. The number of hydrogen-bond acceptors (Lipinski definition) is 4. The second-order valence-electron chi connectivity index (χ2n) is 7.21. The van der Waals surface area contributed by atoms with Crippen LogP contribution < -0.4 is 10.6 Å². The molecule has 0 bridgehead atoms. The van der Waals surface area contributed by atoms with E-state index in [0.717, 1.165) is 39.1 Å². The number of ether oxygens (including phenoxy) is 2. The fraction of sp³-hybridized carbons (Fsp3) is 0.938. The largest absolute Gasteiger partial charge is 0.444 e. The summed E-state index contributed by atoms with van der Waals surface area (Å²) in [6.07, 6.45) is 1.91. The fourth-order valence-corrected chi connectivity index (χ4v) is 2.31. The predicted molar refractivity (Wildman–Crippen MR) is 84.4 cm³/mol. The lowest BCUT2D eigenvalue weighted by Gasteiger charge is -2.27. The molecule has 5 heteroatoms. The first kappa shape index (κ1) is 18.2. The lowest BCUT2D eigenvalue weighted by molar-refractivity contribution is 0.0487. The quantitative estimate of drug-likeness (QED) is 0.791. The van der Waals surface area contributed by atoms with Gasteiger partial charge in [-0.3, -0.25) is 0 Å². The Morgan fingerprint density at radius 3 is 2.43 bits per heavy atom. The zero-order valence-electron chi connectivity index (χ0n) is 14.2. The normalized spacial score (nSPS) is 18.6. The van der Waals surface area contributed by atoms with Crippen LogP contribution >= 0.6 is 0 Å². The zero-order chi connectivity index (χ0) is 15.9. The number of carbonyl (C=O) groups excluding carboxylic acids is 1. The van der Waals surface area contributed by atoms with Gasteiger partial charge in [0.1, 0.15) is 5.60 Å². The third kappa shape index (κ3) is 8.27. The summed E-state index contributed by atoms with van der Waals surface area (Å²) in [6, 6.07) is 0.0830. The Morgan fingerprint density at radius 1 is 1.29 bits per heavy atom. The summed E-state index contributed by atoms with van der Waals surface area (Å²) in [7, 11) is 0. The van der Waals surface area contributed by atoms with Crippen molar-refractivity contribution in [3.05, 3.63) is 0 Å². The summed E-state index contributed by atoms with van der Waals surface area (Å²) < 4.78 is 10.7. The van der Waals surface area contributed by atoms with Crippen molar-refractivity contribution in [2.45, 2.75) is 59.1 Å². The van der Waals surface area contributed by atoms with Gasteiger partial charge in [0.15, 0.2) is 0 Å². The molecule has 0 aliphatic carbocycles. The second kappa shape index (κ2) is 8.59. The minimum absolute atomic E-state index is 0.0830. The fourth-order valence-electron chi connectivity index (χ4n) is 2.31. The van der Waals surface area contributed by atoms with Gasteiger partial charge in [-0.2, -0.15) is 0 Å². The third-order valence-electron chi connectivity index (χ3n) is 3.65. The molecule has 1 atom stereocenters. The van der Waals surface area contributed by atoms with Crippen molar-refractivity contribution in [3.8, 4) is 0 Å². The van der Waals surface area contributed by atoms with Crippen LogP contribution in [0, 0.1) is 11.8 Å². The molecule has 5 nitrogen and oxygen atoms in total. The summed E-state index contributed by atoms with van der Waals surface area (Å²) in [4.78, 5) is 11.9. The van der Waals surface area contributed by atoms with E-state index in [9.17, 15) is 4.79 Å². The van der Waals surface area contributed by atoms with Gasteiger partial charge in [-0.1, -0.05) is 13.8 Å². The Balaban J connectivity index is 2.30. The maximum Gasteiger partial charge on any atom is 0.407 e. The number of carbonyl (C=O) groups is 1. The van der Waals surface area contributed by atoms with Gasteiger partial charge in [-0.25, -0.2) is 4.79 Å². The summed E-state index contributed by atoms with van der Waals surface area (Å²) in [5, 5.41) is 6.44. The van der Waals surface area contributed by atoms with E-state index in [1.54, 1.807) is 0 Å². The molecule has 0 aromatic rings. The van der Waals surface area contributed by atoms with Crippen LogP contribution in [0.4, 0.5) is 4.79 Å². The van der Waals surface area contributed by atoms with Gasteiger partial charge in [0.2, 0.25) is 0 Å². The van der Waals surface area contributed by atoms with Gasteiger partial charge < -0.3 is 20.1 Å². The van der Waals surface area contributed by atoms with Gasteiger partial charge in [-0.15, -0.1) is 0 Å². The van der Waals surface area contributed by atoms with E-state index in [2.05, 4.69) is 24.5 Å². The van der Waals surface area contributed by atoms with Crippen molar-refractivity contribution in [2.24, 2.45) is 11.8 Å². The third-order valence-corrected chi connectivity index (χ3v) is 3.65. The Kier molecular flexibility index (Phi) is 7.46. The highest BCUT2D eigenvalue weighted by Crippen LogP contribution is 2.13. The molecule has 1 aliphatic rings. The van der Waals surface area contributed by atoms with Crippen molar-refractivity contribution in [2.75, 3.05) is 26.3 Å². The highest BCUT2D eigenvalue weighted by Gasteiger charge is 2.21. The molecule has 0 radical (unpaired) electrons. The first-order valence-electron chi connectivity index (χ1n) is 8.06. The van der Waals surface area contributed by atoms with E-state index >= 15 is 0 Å². The van der Waals surface area contributed by atoms with Crippen LogP contribution in [0.2, 0.25) is 0 Å². The van der Waals surface area contributed by atoms with Crippen molar-refractivity contribution in [1.29, 1.82) is 0 Å². The maximum atomic E-state index is 11.9. The molecule has 0 aromatic heterocycles. The van der Waals surface area contributed by atoms with Gasteiger partial charge >= 0.3 is 6.09 Å². The highest BCUT2D eigenvalue weighted by molar-refractivity contribution is 5.68. The minimum Gasteiger partial charge on any atom is -0.444 e. The molecule has 0 saturated carbocycles. The minimum atomic E-state index is -0.457. The predicted octanol–water partition coefficient (Wildman–Crippen LogP) is 2.55. The summed E-state index contributed by atoms with van der Waals surface area (Å²) in [5.41, 5.74) is -0.457. The smallest absolute Gasteiger partial charge is 0.407 e. The number of alkyl carbamates (subject to hydrolysis) is 1. The highest BCUT2D eigenvalue weighted by atomic mass is 16.6. The number of rotatable bonds is 6. The summed E-state index contributed by atoms with van der Waals surface area (Å²) in [6.45, 7) is 13.3. The molecule has 1 aliphatic heterocycles. The molecule has 0 spiro atoms. The molecule has 1 amide bonds. The van der Waals surface area contributed by atoms with Crippen molar-refractivity contribution in [3.63, 3.8) is 0 Å². The standard InChI is InChI=1S/C16H32N2O3/c1-12(2)14(18-15(19)21-16(3,4)5)11-17-10-13-6-8-20-9-7-13/h12-14,17H,6-11H2,1-5H3,(H,18,19). The molecular formula is C16H32N2O3. The van der Waals surface area contributed by atoms with E-state index in [4.69, 9.17) is 9.47 Å². The van der Waals surface area contributed by atoms with E-state index < -0.39 is 5.60 Å². The van der Waals surface area contributed by atoms with Crippen LogP contribution in [0.5, 0.6) is 0 Å². The average molecular weight is 300 g/mol. The average Bonchev–Trinajstić information content (AvgIpc) is 2.36. The van der Waals surface area contributed by atoms with E-state index in [1.165, 1.54) is 0 Å². The van der Waals surface area contributed by atoms with Crippen LogP contribution in [-0.4, -0.2) is 44.0 Å². The molecule has 21 heavy (non-hydrogen) atoms. The Labute approximate surface area is 129 Å². The molecule has 1 fully saturated rings. The molecule has 2 N–H and O–H groups in total. The zero-order valence-corrected chi connectivity index (χ0v) is 14.2. The van der Waals surface area contributed by atoms with Crippen LogP contribution in [0.3, 0.4) is 0 Å². The first-order valence-corrected chi connectivity index (χ1v) is 8.06. The number of hydrogen-bond donors (Lipinski definition) is 2. The Hall–Kier alpha value is -0.810. The van der Waals surface area contributed by atoms with Crippen molar-refractivity contribution in [1.82, 2.24) is 10.6 Å². The van der Waals surface area contributed by atoms with Crippen LogP contribution in [0.1, 0.15) is 47.5 Å². The van der Waals surface area contributed by atoms with Crippen LogP contribution in [-0.2, 0) is 9.47 Å². The molecular weight excluding hydrogens is 268 g/mol. The topological polar surface area (TPSA) is 59.6 Å². The molecule has 124 valence electrons. The second-order valence-corrected chi connectivity index (χ2v) is 7.21. The summed E-state index contributed by atoms with van der Waals surface area (Å²) in [5.74, 6) is 1.05. The lowest BCUT2D eigenvalue weighted by Crippen LogP contribution is -2.47. The molecule has 1 unspecified atom stereocenters. The van der Waals surface area contributed by atoms with Gasteiger partial charge in [0.25, 0.3) is 0 Å². The van der Waals surface area contributed by atoms with Gasteiger partial charge in [-0.05, 0) is 52.0 Å². The van der Waals surface area contributed by atoms with Gasteiger partial charge in [0, 0.05) is 25.8 Å². The molecule has 1 rings (SSSR count). The van der Waals surface area contributed by atoms with Crippen molar-refractivity contribution < 1.29 is 14.3 Å². The molecule has 1 heterocycles. The number of amides is 1. The Bertz CT molecular complexity index is 307. The van der Waals surface area contributed by atoms with Crippen molar-refractivity contribution >= 4 is 6.09 Å². The maximum absolute atomic E-state index is 11.9. The van der Waals surface area contributed by atoms with Gasteiger partial charge in [0.05, 0.1) is 0 Å². The van der Waals surface area contributed by atoms with E-state index in [0.29, 0.717) is 11.8 Å². The first-order chi connectivity index (χ1) is 9.78. The SMILES string of the molecule is CC(C)C(CNCC1CCOCC1)NC(=O)OC(C)(C)C. The molecule has 1 saturated heterocycles. The Morgan fingerprint density at radius 2 is 1.90 bits per heavy atom. The van der Waals surface area contributed by atoms with E-state index in [1.807, 2.05) is 20.8 Å². The van der Waals surface area contributed by atoms with Crippen LogP contribution in [0.15, 0.2) is 0 Å².